The largest absolute Gasteiger partial charge is 0.444 e. The molecule has 1 heterocycles. The van der Waals surface area contributed by atoms with Gasteiger partial charge in [0.25, 0.3) is 0 Å². The van der Waals surface area contributed by atoms with Gasteiger partial charge in [0.15, 0.2) is 0 Å². The first-order chi connectivity index (χ1) is 10.7. The predicted molar refractivity (Wildman–Crippen MR) is 86.1 cm³/mol. The number of methoxy groups -OCH3 is 1. The first-order valence-electron chi connectivity index (χ1n) is 8.08. The molecular weight excluding hydrogens is 300 g/mol. The average molecular weight is 330 g/mol. The lowest BCUT2D eigenvalue weighted by Gasteiger charge is -2.34. The highest BCUT2D eigenvalue weighted by molar-refractivity contribution is 5.78. The second kappa shape index (κ2) is 8.49. The van der Waals surface area contributed by atoms with E-state index < -0.39 is 11.7 Å². The number of aliphatic hydroxyl groups is 1. The van der Waals surface area contributed by atoms with Gasteiger partial charge < -0.3 is 24.4 Å². The summed E-state index contributed by atoms with van der Waals surface area (Å²) < 4.78 is 10.6. The third-order valence-corrected chi connectivity index (χ3v) is 3.77. The van der Waals surface area contributed by atoms with Crippen LogP contribution in [0.5, 0.6) is 0 Å². The SMILES string of the molecule is COC[C@H](CCO)N1CC(C)N(C(=O)OC(C)(C)C)CCC1=O. The third kappa shape index (κ3) is 5.99. The van der Waals surface area contributed by atoms with Crippen molar-refractivity contribution in [3.05, 3.63) is 0 Å². The zero-order valence-corrected chi connectivity index (χ0v) is 14.9. The van der Waals surface area contributed by atoms with Crippen LogP contribution < -0.4 is 0 Å². The highest BCUT2D eigenvalue weighted by atomic mass is 16.6. The minimum atomic E-state index is -0.567. The van der Waals surface area contributed by atoms with Gasteiger partial charge in [-0.3, -0.25) is 4.79 Å². The Hall–Kier alpha value is -1.34. The molecule has 2 atom stereocenters. The number of nitrogens with zero attached hydrogens (tertiary/aromatic N) is 2. The Labute approximate surface area is 138 Å². The molecule has 0 aromatic rings. The Morgan fingerprint density at radius 3 is 2.61 bits per heavy atom. The van der Waals surface area contributed by atoms with Crippen molar-refractivity contribution in [3.8, 4) is 0 Å². The molecular formula is C16H30N2O5. The van der Waals surface area contributed by atoms with Crippen molar-refractivity contribution in [2.45, 2.75) is 58.2 Å². The number of rotatable bonds is 5. The summed E-state index contributed by atoms with van der Waals surface area (Å²) in [6, 6.07) is -0.340. The number of aliphatic hydroxyl groups excluding tert-OH is 1. The number of hydrogen-bond acceptors (Lipinski definition) is 5. The fourth-order valence-corrected chi connectivity index (χ4v) is 2.68. The molecule has 0 spiro atoms. The zero-order valence-electron chi connectivity index (χ0n) is 14.9. The Morgan fingerprint density at radius 2 is 2.09 bits per heavy atom. The van der Waals surface area contributed by atoms with Crippen LogP contribution in [0, 0.1) is 0 Å². The summed E-state index contributed by atoms with van der Waals surface area (Å²) in [5, 5.41) is 9.21. The van der Waals surface area contributed by atoms with E-state index in [0.717, 1.165) is 0 Å². The van der Waals surface area contributed by atoms with Crippen LogP contribution in [0.4, 0.5) is 4.79 Å². The van der Waals surface area contributed by atoms with Gasteiger partial charge in [0.2, 0.25) is 5.91 Å². The fourth-order valence-electron chi connectivity index (χ4n) is 2.68. The van der Waals surface area contributed by atoms with E-state index in [2.05, 4.69) is 0 Å². The van der Waals surface area contributed by atoms with Crippen LogP contribution >= 0.6 is 0 Å². The molecule has 0 aromatic heterocycles. The topological polar surface area (TPSA) is 79.3 Å². The summed E-state index contributed by atoms with van der Waals surface area (Å²) in [4.78, 5) is 28.1. The van der Waals surface area contributed by atoms with E-state index in [1.165, 1.54) is 0 Å². The molecule has 1 rings (SSSR count). The van der Waals surface area contributed by atoms with Gasteiger partial charge in [0.1, 0.15) is 5.60 Å². The van der Waals surface area contributed by atoms with Crippen LogP contribution in [0.15, 0.2) is 0 Å². The first-order valence-corrected chi connectivity index (χ1v) is 8.08. The van der Waals surface area contributed by atoms with Crippen LogP contribution in [0.1, 0.15) is 40.5 Å². The number of ether oxygens (including phenoxy) is 2. The average Bonchev–Trinajstić information content (AvgIpc) is 2.56. The standard InChI is InChI=1S/C16H30N2O5/c1-12-10-18(13(7-9-19)11-22-5)14(20)6-8-17(12)15(21)23-16(2,3)4/h12-13,19H,6-11H2,1-5H3/t12?,13-/m0/s1. The predicted octanol–water partition coefficient (Wildman–Crippen LogP) is 1.24. The molecule has 0 aliphatic carbocycles. The van der Waals surface area contributed by atoms with Gasteiger partial charge in [0.05, 0.1) is 12.6 Å². The summed E-state index contributed by atoms with van der Waals surface area (Å²) in [5.41, 5.74) is -0.567. The number of carbonyl (C=O) groups is 2. The molecule has 1 fully saturated rings. The Kier molecular flexibility index (Phi) is 7.28. The summed E-state index contributed by atoms with van der Waals surface area (Å²) in [6.07, 6.45) is 0.304. The van der Waals surface area contributed by atoms with Crippen molar-refractivity contribution in [2.75, 3.05) is 33.4 Å². The van der Waals surface area contributed by atoms with Crippen LogP contribution in [-0.2, 0) is 14.3 Å². The summed E-state index contributed by atoms with van der Waals surface area (Å²) in [5.74, 6) is -0.0293. The molecule has 7 nitrogen and oxygen atoms in total. The van der Waals surface area contributed by atoms with Crippen molar-refractivity contribution in [1.29, 1.82) is 0 Å². The Balaban J connectivity index is 2.83. The zero-order chi connectivity index (χ0) is 17.6. The molecule has 7 heteroatoms. The molecule has 2 amide bonds. The molecule has 0 saturated carbocycles. The molecule has 1 aliphatic heterocycles. The number of amides is 2. The third-order valence-electron chi connectivity index (χ3n) is 3.77. The Morgan fingerprint density at radius 1 is 1.43 bits per heavy atom. The van der Waals surface area contributed by atoms with Gasteiger partial charge in [0, 0.05) is 39.3 Å². The van der Waals surface area contributed by atoms with Crippen LogP contribution in [0.2, 0.25) is 0 Å². The van der Waals surface area contributed by atoms with Gasteiger partial charge in [-0.05, 0) is 34.1 Å². The number of carbonyl (C=O) groups excluding carboxylic acids is 2. The van der Waals surface area contributed by atoms with Gasteiger partial charge >= 0.3 is 6.09 Å². The minimum absolute atomic E-state index is 0.0119. The van der Waals surface area contributed by atoms with E-state index in [0.29, 0.717) is 26.1 Å². The van der Waals surface area contributed by atoms with Crippen molar-refractivity contribution < 1.29 is 24.2 Å². The molecule has 1 saturated heterocycles. The molecule has 0 radical (unpaired) electrons. The van der Waals surface area contributed by atoms with Crippen molar-refractivity contribution in [1.82, 2.24) is 9.80 Å². The molecule has 134 valence electrons. The lowest BCUT2D eigenvalue weighted by molar-refractivity contribution is -0.134. The van der Waals surface area contributed by atoms with E-state index in [1.54, 1.807) is 16.9 Å². The molecule has 1 aliphatic rings. The molecule has 0 aromatic carbocycles. The van der Waals surface area contributed by atoms with Crippen LogP contribution in [-0.4, -0.2) is 78.0 Å². The highest BCUT2D eigenvalue weighted by Gasteiger charge is 2.34. The summed E-state index contributed by atoms with van der Waals surface area (Å²) in [7, 11) is 1.57. The summed E-state index contributed by atoms with van der Waals surface area (Å²) in [6.45, 7) is 8.46. The van der Waals surface area contributed by atoms with Gasteiger partial charge in [-0.2, -0.15) is 0 Å². The minimum Gasteiger partial charge on any atom is -0.444 e. The maximum absolute atomic E-state index is 12.4. The second-order valence-corrected chi connectivity index (χ2v) is 6.94. The molecule has 1 N–H and O–H groups in total. The second-order valence-electron chi connectivity index (χ2n) is 6.94. The first kappa shape index (κ1) is 19.7. The lowest BCUT2D eigenvalue weighted by Crippen LogP contribution is -2.48. The van der Waals surface area contributed by atoms with Crippen molar-refractivity contribution in [2.24, 2.45) is 0 Å². The molecule has 0 bridgehead atoms. The Bertz CT molecular complexity index is 402. The van der Waals surface area contributed by atoms with Crippen molar-refractivity contribution >= 4 is 12.0 Å². The quantitative estimate of drug-likeness (QED) is 0.820. The van der Waals surface area contributed by atoms with Crippen molar-refractivity contribution in [3.63, 3.8) is 0 Å². The van der Waals surface area contributed by atoms with Crippen LogP contribution in [0.25, 0.3) is 0 Å². The van der Waals surface area contributed by atoms with Gasteiger partial charge in [-0.15, -0.1) is 0 Å². The monoisotopic (exact) mass is 330 g/mol. The number of hydrogen-bond donors (Lipinski definition) is 1. The van der Waals surface area contributed by atoms with E-state index in [-0.39, 0.29) is 31.0 Å². The maximum atomic E-state index is 12.4. The molecule has 23 heavy (non-hydrogen) atoms. The van der Waals surface area contributed by atoms with E-state index >= 15 is 0 Å². The highest BCUT2D eigenvalue weighted by Crippen LogP contribution is 2.19. The van der Waals surface area contributed by atoms with E-state index in [9.17, 15) is 14.7 Å². The summed E-state index contributed by atoms with van der Waals surface area (Å²) >= 11 is 0. The fraction of sp³-hybridized carbons (Fsp3) is 0.875. The van der Waals surface area contributed by atoms with Crippen LogP contribution in [0.3, 0.4) is 0 Å². The van der Waals surface area contributed by atoms with E-state index in [4.69, 9.17) is 9.47 Å². The maximum Gasteiger partial charge on any atom is 0.410 e. The lowest BCUT2D eigenvalue weighted by atomic mass is 10.1. The normalized spacial score (nSPS) is 21.1. The van der Waals surface area contributed by atoms with Gasteiger partial charge in [-0.25, -0.2) is 4.79 Å². The molecule has 1 unspecified atom stereocenters. The van der Waals surface area contributed by atoms with Gasteiger partial charge in [-0.1, -0.05) is 0 Å². The smallest absolute Gasteiger partial charge is 0.410 e. The van der Waals surface area contributed by atoms with E-state index in [1.807, 2.05) is 27.7 Å².